The fraction of sp³-hybridized carbons (Fsp3) is 0.310. The van der Waals surface area contributed by atoms with Crippen LogP contribution in [0.2, 0.25) is 0 Å². The number of ether oxygens (including phenoxy) is 1. The van der Waals surface area contributed by atoms with Crippen LogP contribution in [-0.4, -0.2) is 46.7 Å². The van der Waals surface area contributed by atoms with Gasteiger partial charge in [0.15, 0.2) is 0 Å². The minimum absolute atomic E-state index is 0.0435. The quantitative estimate of drug-likeness (QED) is 0.433. The Hall–Kier alpha value is -3.44. The van der Waals surface area contributed by atoms with Crippen LogP contribution in [0.25, 0.3) is 22.3 Å². The van der Waals surface area contributed by atoms with Crippen molar-refractivity contribution in [3.05, 3.63) is 71.8 Å². The van der Waals surface area contributed by atoms with Crippen LogP contribution in [0.4, 0.5) is 5.69 Å². The van der Waals surface area contributed by atoms with E-state index >= 15 is 0 Å². The maximum Gasteiger partial charge on any atom is 0.335 e. The first-order valence-corrected chi connectivity index (χ1v) is 11.7. The van der Waals surface area contributed by atoms with Gasteiger partial charge < -0.3 is 14.9 Å². The van der Waals surface area contributed by atoms with Crippen LogP contribution in [0.3, 0.4) is 0 Å². The number of carboxylic acids is 1. The van der Waals surface area contributed by atoms with Crippen molar-refractivity contribution in [3.8, 4) is 28.0 Å². The first-order chi connectivity index (χ1) is 16.3. The number of carboxylic acid groups (broad SMARTS) is 1. The van der Waals surface area contributed by atoms with Gasteiger partial charge in [0.05, 0.1) is 12.2 Å². The molecule has 5 nitrogen and oxygen atoms in total. The molecule has 0 aliphatic carbocycles. The van der Waals surface area contributed by atoms with E-state index in [0.29, 0.717) is 5.75 Å². The molecule has 0 spiro atoms. The predicted octanol–water partition coefficient (Wildman–Crippen LogP) is 5.90. The third-order valence-electron chi connectivity index (χ3n) is 6.17. The van der Waals surface area contributed by atoms with Gasteiger partial charge in [-0.3, -0.25) is 0 Å². The van der Waals surface area contributed by atoms with Gasteiger partial charge in [0.25, 0.3) is 0 Å². The zero-order chi connectivity index (χ0) is 24.3. The third-order valence-corrected chi connectivity index (χ3v) is 6.17. The van der Waals surface area contributed by atoms with E-state index in [1.54, 1.807) is 12.1 Å². The Morgan fingerprint density at radius 2 is 1.68 bits per heavy atom. The van der Waals surface area contributed by atoms with E-state index in [-0.39, 0.29) is 24.2 Å². The Morgan fingerprint density at radius 1 is 0.971 bits per heavy atom. The molecule has 0 atom stereocenters. The lowest BCUT2D eigenvalue weighted by Crippen LogP contribution is -2.16. The molecule has 3 aromatic rings. The Labute approximate surface area is 201 Å². The number of aromatic carboxylic acids is 1. The van der Waals surface area contributed by atoms with Gasteiger partial charge in [-0.2, -0.15) is 0 Å². The monoisotopic (exact) mass is 458 g/mol. The molecule has 1 heterocycles. The molecular formula is C29H32NO4+. The molecule has 34 heavy (non-hydrogen) atoms. The number of hydrogen-bond donors (Lipinski definition) is 2. The number of hydrogen-bond acceptors (Lipinski definition) is 3. The van der Waals surface area contributed by atoms with Gasteiger partial charge in [0, 0.05) is 30.0 Å². The molecule has 0 unspecified atom stereocenters. The summed E-state index contributed by atoms with van der Waals surface area (Å²) in [4.78, 5) is 11.2. The SMILES string of the molecule is CC(C)(C)c1cc(-c2cc(-c3ccc(C(=O)O)cc3)ccc2OCCO)ccc1[N+]1=CCCC1. The minimum atomic E-state index is -0.940. The first kappa shape index (κ1) is 23.7. The molecule has 0 aromatic heterocycles. The second-order valence-electron chi connectivity index (χ2n) is 9.67. The van der Waals surface area contributed by atoms with Gasteiger partial charge >= 0.3 is 5.97 Å². The summed E-state index contributed by atoms with van der Waals surface area (Å²) in [6.45, 7) is 7.89. The zero-order valence-electron chi connectivity index (χ0n) is 20.0. The van der Waals surface area contributed by atoms with Crippen LogP contribution in [-0.2, 0) is 5.41 Å². The van der Waals surface area contributed by atoms with Crippen LogP contribution in [0.5, 0.6) is 5.75 Å². The Balaban J connectivity index is 1.82. The van der Waals surface area contributed by atoms with E-state index in [2.05, 4.69) is 55.8 Å². The van der Waals surface area contributed by atoms with Crippen LogP contribution in [0.1, 0.15) is 49.5 Å². The van der Waals surface area contributed by atoms with Crippen molar-refractivity contribution < 1.29 is 24.3 Å². The van der Waals surface area contributed by atoms with Crippen LogP contribution in [0.15, 0.2) is 60.7 Å². The van der Waals surface area contributed by atoms with Gasteiger partial charge in [-0.05, 0) is 58.5 Å². The normalized spacial score (nSPS) is 13.6. The lowest BCUT2D eigenvalue weighted by Gasteiger charge is -2.22. The van der Waals surface area contributed by atoms with Gasteiger partial charge in [-0.1, -0.05) is 39.0 Å². The molecule has 2 N–H and O–H groups in total. The van der Waals surface area contributed by atoms with E-state index < -0.39 is 5.97 Å². The molecule has 0 bridgehead atoms. The number of aliphatic hydroxyl groups is 1. The summed E-state index contributed by atoms with van der Waals surface area (Å²) in [6.07, 6.45) is 4.56. The number of carbonyl (C=O) groups is 1. The topological polar surface area (TPSA) is 69.8 Å². The van der Waals surface area contributed by atoms with Crippen molar-refractivity contribution >= 4 is 17.9 Å². The second kappa shape index (κ2) is 9.82. The molecule has 3 aromatic carbocycles. The Morgan fingerprint density at radius 3 is 2.29 bits per heavy atom. The summed E-state index contributed by atoms with van der Waals surface area (Å²) >= 11 is 0. The van der Waals surface area contributed by atoms with Crippen molar-refractivity contribution in [2.45, 2.75) is 39.0 Å². The molecule has 0 fully saturated rings. The van der Waals surface area contributed by atoms with Crippen molar-refractivity contribution in [1.29, 1.82) is 0 Å². The summed E-state index contributed by atoms with van der Waals surface area (Å²) in [5.74, 6) is -0.231. The van der Waals surface area contributed by atoms with Crippen molar-refractivity contribution in [3.63, 3.8) is 0 Å². The molecule has 5 heteroatoms. The largest absolute Gasteiger partial charge is 0.491 e. The van der Waals surface area contributed by atoms with Gasteiger partial charge in [-0.15, -0.1) is 0 Å². The second-order valence-corrected chi connectivity index (χ2v) is 9.67. The molecule has 0 amide bonds. The summed E-state index contributed by atoms with van der Waals surface area (Å²) in [7, 11) is 0. The van der Waals surface area contributed by atoms with Crippen LogP contribution in [0, 0.1) is 0 Å². The average Bonchev–Trinajstić information content (AvgIpc) is 3.37. The highest BCUT2D eigenvalue weighted by Crippen LogP contribution is 2.40. The molecular weight excluding hydrogens is 426 g/mol. The fourth-order valence-electron chi connectivity index (χ4n) is 4.40. The van der Waals surface area contributed by atoms with Crippen LogP contribution >= 0.6 is 0 Å². The predicted molar refractivity (Wildman–Crippen MR) is 136 cm³/mol. The van der Waals surface area contributed by atoms with E-state index in [4.69, 9.17) is 4.74 Å². The standard InChI is InChI=1S/C29H31NO4/c1-29(2,3)25-19-23(10-12-26(25)30-14-4-5-15-30)24-18-22(11-13-27(24)34-17-16-31)20-6-8-21(9-7-20)28(32)33/h6-14,18-19,31H,4-5,15-17H2,1-3H3/p+1. The Kier molecular flexibility index (Phi) is 6.85. The zero-order valence-corrected chi connectivity index (χ0v) is 20.0. The summed E-state index contributed by atoms with van der Waals surface area (Å²) in [5, 5.41) is 18.5. The van der Waals surface area contributed by atoms with Crippen LogP contribution < -0.4 is 4.74 Å². The third kappa shape index (κ3) is 5.05. The summed E-state index contributed by atoms with van der Waals surface area (Å²) in [6, 6.07) is 19.4. The lowest BCUT2D eigenvalue weighted by atomic mass is 9.83. The number of aliphatic hydroxyl groups excluding tert-OH is 1. The molecule has 176 valence electrons. The Bertz CT molecular complexity index is 1220. The molecule has 0 saturated carbocycles. The molecule has 0 saturated heterocycles. The highest BCUT2D eigenvalue weighted by atomic mass is 16.5. The fourth-order valence-corrected chi connectivity index (χ4v) is 4.40. The molecule has 1 aliphatic heterocycles. The van der Waals surface area contributed by atoms with Crippen molar-refractivity contribution in [2.75, 3.05) is 19.8 Å². The number of rotatable bonds is 7. The van der Waals surface area contributed by atoms with E-state index in [0.717, 1.165) is 35.2 Å². The van der Waals surface area contributed by atoms with Gasteiger partial charge in [0.1, 0.15) is 25.1 Å². The minimum Gasteiger partial charge on any atom is -0.491 e. The van der Waals surface area contributed by atoms with E-state index in [1.165, 1.54) is 17.7 Å². The lowest BCUT2D eigenvalue weighted by molar-refractivity contribution is -0.427. The van der Waals surface area contributed by atoms with Crippen molar-refractivity contribution in [2.24, 2.45) is 0 Å². The summed E-state index contributed by atoms with van der Waals surface area (Å²) < 4.78 is 8.25. The first-order valence-electron chi connectivity index (χ1n) is 11.7. The van der Waals surface area contributed by atoms with Gasteiger partial charge in [0.2, 0.25) is 5.69 Å². The van der Waals surface area contributed by atoms with Crippen molar-refractivity contribution in [1.82, 2.24) is 0 Å². The molecule has 0 radical (unpaired) electrons. The van der Waals surface area contributed by atoms with E-state index in [1.807, 2.05) is 24.3 Å². The molecule has 4 rings (SSSR count). The maximum atomic E-state index is 11.2. The summed E-state index contributed by atoms with van der Waals surface area (Å²) in [5.41, 5.74) is 6.62. The maximum absolute atomic E-state index is 11.2. The number of nitrogens with zero attached hydrogens (tertiary/aromatic N) is 1. The average molecular weight is 459 g/mol. The molecule has 1 aliphatic rings. The van der Waals surface area contributed by atoms with Gasteiger partial charge in [-0.25, -0.2) is 9.37 Å². The highest BCUT2D eigenvalue weighted by molar-refractivity contribution is 5.88. The number of benzene rings is 3. The smallest absolute Gasteiger partial charge is 0.335 e. The highest BCUT2D eigenvalue weighted by Gasteiger charge is 2.27. The van der Waals surface area contributed by atoms with E-state index in [9.17, 15) is 15.0 Å².